The van der Waals surface area contributed by atoms with E-state index in [-0.39, 0.29) is 24.5 Å². The number of aromatic carboxylic acids is 1. The molecule has 1 aromatic rings. The van der Waals surface area contributed by atoms with Crippen molar-refractivity contribution in [2.24, 2.45) is 0 Å². The summed E-state index contributed by atoms with van der Waals surface area (Å²) in [6.07, 6.45) is 0. The standard InChI is InChI=1S/C13H12N2O6/c1-14-10(16)11(17)15(13(14)20)6-7-21-9-5-3-2-4-8(9)12(18)19/h2-5H,6-7H2,1H3,(H,18,19). The number of carbonyl (C=O) groups excluding carboxylic acids is 3. The number of carboxylic acids is 1. The monoisotopic (exact) mass is 292 g/mol. The van der Waals surface area contributed by atoms with E-state index in [1.54, 1.807) is 12.1 Å². The molecule has 110 valence electrons. The predicted octanol–water partition coefficient (Wildman–Crippen LogP) is 0.184. The average Bonchev–Trinajstić information content (AvgIpc) is 2.65. The lowest BCUT2D eigenvalue weighted by Gasteiger charge is -2.14. The molecule has 1 aromatic carbocycles. The van der Waals surface area contributed by atoms with Crippen molar-refractivity contribution in [3.05, 3.63) is 29.8 Å². The van der Waals surface area contributed by atoms with Gasteiger partial charge < -0.3 is 9.84 Å². The molecule has 1 aliphatic rings. The van der Waals surface area contributed by atoms with Crippen LogP contribution in [0.1, 0.15) is 10.4 Å². The van der Waals surface area contributed by atoms with Crippen LogP contribution in [0.5, 0.6) is 5.75 Å². The van der Waals surface area contributed by atoms with E-state index in [1.165, 1.54) is 19.2 Å². The summed E-state index contributed by atoms with van der Waals surface area (Å²) in [4.78, 5) is 46.9. The third-order valence-corrected chi connectivity index (χ3v) is 2.94. The lowest BCUT2D eigenvalue weighted by Crippen LogP contribution is -2.35. The van der Waals surface area contributed by atoms with Crippen LogP contribution < -0.4 is 4.74 Å². The Hall–Kier alpha value is -2.90. The highest BCUT2D eigenvalue weighted by Gasteiger charge is 2.41. The van der Waals surface area contributed by atoms with Crippen molar-refractivity contribution in [3.8, 4) is 5.75 Å². The smallest absolute Gasteiger partial charge is 0.339 e. The second-order valence-electron chi connectivity index (χ2n) is 4.25. The first kappa shape index (κ1) is 14.5. The van der Waals surface area contributed by atoms with Gasteiger partial charge in [0, 0.05) is 7.05 Å². The van der Waals surface area contributed by atoms with Gasteiger partial charge in [0.25, 0.3) is 0 Å². The van der Waals surface area contributed by atoms with Crippen molar-refractivity contribution in [2.45, 2.75) is 0 Å². The largest absolute Gasteiger partial charge is 0.491 e. The van der Waals surface area contributed by atoms with Crippen LogP contribution in [-0.4, -0.2) is 58.9 Å². The van der Waals surface area contributed by atoms with Crippen molar-refractivity contribution < 1.29 is 29.0 Å². The van der Waals surface area contributed by atoms with Gasteiger partial charge in [-0.1, -0.05) is 12.1 Å². The van der Waals surface area contributed by atoms with Crippen LogP contribution in [0.15, 0.2) is 24.3 Å². The minimum Gasteiger partial charge on any atom is -0.491 e. The molecular formula is C13H12N2O6. The van der Waals surface area contributed by atoms with Gasteiger partial charge in [0.1, 0.15) is 17.9 Å². The Labute approximate surface area is 119 Å². The van der Waals surface area contributed by atoms with Crippen LogP contribution in [0.2, 0.25) is 0 Å². The quantitative estimate of drug-likeness (QED) is 0.613. The van der Waals surface area contributed by atoms with Crippen molar-refractivity contribution in [3.63, 3.8) is 0 Å². The first-order chi connectivity index (χ1) is 9.93. The highest BCUT2D eigenvalue weighted by Crippen LogP contribution is 2.18. The van der Waals surface area contributed by atoms with Crippen molar-refractivity contribution >= 4 is 23.8 Å². The summed E-state index contributed by atoms with van der Waals surface area (Å²) in [5, 5.41) is 8.98. The Morgan fingerprint density at radius 3 is 2.43 bits per heavy atom. The lowest BCUT2D eigenvalue weighted by molar-refractivity contribution is -0.142. The topological polar surface area (TPSA) is 104 Å². The minimum atomic E-state index is -1.14. The van der Waals surface area contributed by atoms with E-state index < -0.39 is 23.8 Å². The highest BCUT2D eigenvalue weighted by atomic mass is 16.5. The molecule has 0 radical (unpaired) electrons. The fourth-order valence-corrected chi connectivity index (χ4v) is 1.83. The molecule has 2 rings (SSSR count). The van der Waals surface area contributed by atoms with E-state index in [0.29, 0.717) is 4.90 Å². The van der Waals surface area contributed by atoms with E-state index in [4.69, 9.17) is 9.84 Å². The number of hydrogen-bond donors (Lipinski definition) is 1. The number of hydrogen-bond acceptors (Lipinski definition) is 5. The number of ether oxygens (including phenoxy) is 1. The molecule has 21 heavy (non-hydrogen) atoms. The molecule has 4 amide bonds. The van der Waals surface area contributed by atoms with Crippen LogP contribution in [0.25, 0.3) is 0 Å². The molecule has 8 nitrogen and oxygen atoms in total. The Bertz CT molecular complexity index is 627. The van der Waals surface area contributed by atoms with Crippen molar-refractivity contribution in [2.75, 3.05) is 20.2 Å². The third kappa shape index (κ3) is 2.69. The van der Waals surface area contributed by atoms with Gasteiger partial charge in [-0.2, -0.15) is 0 Å². The Morgan fingerprint density at radius 1 is 1.19 bits per heavy atom. The van der Waals surface area contributed by atoms with Crippen molar-refractivity contribution in [1.82, 2.24) is 9.80 Å². The van der Waals surface area contributed by atoms with Gasteiger partial charge in [-0.25, -0.2) is 9.59 Å². The van der Waals surface area contributed by atoms with E-state index in [9.17, 15) is 19.2 Å². The predicted molar refractivity (Wildman–Crippen MR) is 68.8 cm³/mol. The molecule has 0 saturated carbocycles. The van der Waals surface area contributed by atoms with E-state index in [1.807, 2.05) is 0 Å². The summed E-state index contributed by atoms with van der Waals surface area (Å²) in [7, 11) is 1.21. The summed E-state index contributed by atoms with van der Waals surface area (Å²) in [5.74, 6) is -2.83. The molecule has 8 heteroatoms. The number of carboxylic acid groups (broad SMARTS) is 1. The molecule has 0 aromatic heterocycles. The van der Waals surface area contributed by atoms with Gasteiger partial charge in [0.2, 0.25) is 0 Å². The molecule has 0 atom stereocenters. The maximum absolute atomic E-state index is 11.6. The molecule has 1 fully saturated rings. The van der Waals surface area contributed by atoms with Gasteiger partial charge in [0.15, 0.2) is 0 Å². The average molecular weight is 292 g/mol. The fourth-order valence-electron chi connectivity index (χ4n) is 1.83. The van der Waals surface area contributed by atoms with E-state index in [2.05, 4.69) is 0 Å². The number of carbonyl (C=O) groups is 4. The number of benzene rings is 1. The summed E-state index contributed by atoms with van der Waals surface area (Å²) in [6, 6.07) is 5.28. The van der Waals surface area contributed by atoms with Gasteiger partial charge in [-0.15, -0.1) is 0 Å². The zero-order valence-corrected chi connectivity index (χ0v) is 11.1. The van der Waals surface area contributed by atoms with E-state index >= 15 is 0 Å². The Morgan fingerprint density at radius 2 is 1.86 bits per heavy atom. The zero-order valence-electron chi connectivity index (χ0n) is 11.1. The number of amides is 4. The Kier molecular flexibility index (Phi) is 3.88. The summed E-state index contributed by atoms with van der Waals surface area (Å²) < 4.78 is 5.27. The van der Waals surface area contributed by atoms with Gasteiger partial charge >= 0.3 is 23.8 Å². The SMILES string of the molecule is CN1C(=O)C(=O)N(CCOc2ccccc2C(=O)O)C1=O. The maximum atomic E-state index is 11.6. The molecule has 0 bridgehead atoms. The van der Waals surface area contributed by atoms with E-state index in [0.717, 1.165) is 4.90 Å². The molecule has 1 saturated heterocycles. The second kappa shape index (κ2) is 5.61. The molecule has 0 unspecified atom stereocenters. The van der Waals surface area contributed by atoms with Crippen LogP contribution in [0.4, 0.5) is 4.79 Å². The second-order valence-corrected chi connectivity index (χ2v) is 4.25. The maximum Gasteiger partial charge on any atom is 0.339 e. The third-order valence-electron chi connectivity index (χ3n) is 2.94. The first-order valence-corrected chi connectivity index (χ1v) is 6.02. The van der Waals surface area contributed by atoms with Crippen LogP contribution in [-0.2, 0) is 9.59 Å². The summed E-state index contributed by atoms with van der Waals surface area (Å²) >= 11 is 0. The first-order valence-electron chi connectivity index (χ1n) is 6.02. The molecule has 1 aliphatic heterocycles. The highest BCUT2D eigenvalue weighted by molar-refractivity contribution is 6.44. The molecule has 0 aliphatic carbocycles. The molecular weight excluding hydrogens is 280 g/mol. The fraction of sp³-hybridized carbons (Fsp3) is 0.231. The number of rotatable bonds is 5. The number of likely N-dealkylation sites (N-methyl/N-ethyl adjacent to an activating group) is 1. The van der Waals surface area contributed by atoms with Gasteiger partial charge in [-0.3, -0.25) is 19.4 Å². The molecule has 0 spiro atoms. The number of imide groups is 2. The van der Waals surface area contributed by atoms with Gasteiger partial charge in [0.05, 0.1) is 6.54 Å². The number of para-hydroxylation sites is 1. The minimum absolute atomic E-state index is 0.0234. The zero-order chi connectivity index (χ0) is 15.6. The van der Waals surface area contributed by atoms with Gasteiger partial charge in [-0.05, 0) is 12.1 Å². The van der Waals surface area contributed by atoms with Crippen LogP contribution >= 0.6 is 0 Å². The number of urea groups is 1. The summed E-state index contributed by atoms with van der Waals surface area (Å²) in [5.41, 5.74) is -0.0234. The molecule has 1 heterocycles. The molecule has 1 N–H and O–H groups in total. The van der Waals surface area contributed by atoms with Crippen LogP contribution in [0.3, 0.4) is 0 Å². The summed E-state index contributed by atoms with van der Waals surface area (Å²) in [6.45, 7) is -0.245. The normalized spacial score (nSPS) is 14.8. The van der Waals surface area contributed by atoms with Crippen LogP contribution in [0, 0.1) is 0 Å². The number of nitrogens with zero attached hydrogens (tertiary/aromatic N) is 2. The van der Waals surface area contributed by atoms with Crippen molar-refractivity contribution in [1.29, 1.82) is 0 Å². The Balaban J connectivity index is 2.00. The lowest BCUT2D eigenvalue weighted by atomic mass is 10.2.